The zero-order valence-corrected chi connectivity index (χ0v) is 34.4. The molecule has 6 atom stereocenters. The molecular formula is C46H78O9. The molecule has 1 fully saturated rings. The van der Waals surface area contributed by atoms with Crippen molar-refractivity contribution in [1.29, 1.82) is 0 Å². The summed E-state index contributed by atoms with van der Waals surface area (Å²) in [4.78, 5) is 12.7. The first kappa shape index (κ1) is 50.6. The molecule has 0 radical (unpaired) electrons. The number of hydrogen-bond acceptors (Lipinski definition) is 9. The fourth-order valence-corrected chi connectivity index (χ4v) is 6.02. The molecule has 9 heteroatoms. The molecule has 0 aliphatic carbocycles. The summed E-state index contributed by atoms with van der Waals surface area (Å²) in [6.45, 7) is 4.33. The molecule has 4 N–H and O–H groups in total. The van der Waals surface area contributed by atoms with Crippen LogP contribution in [0, 0.1) is 0 Å². The second-order valence-corrected chi connectivity index (χ2v) is 14.4. The van der Waals surface area contributed by atoms with Crippen molar-refractivity contribution in [1.82, 2.24) is 0 Å². The van der Waals surface area contributed by atoms with Crippen LogP contribution in [0.2, 0.25) is 0 Å². The summed E-state index contributed by atoms with van der Waals surface area (Å²) in [6.07, 6.45) is 40.8. The van der Waals surface area contributed by atoms with Gasteiger partial charge < -0.3 is 39.4 Å². The van der Waals surface area contributed by atoms with E-state index in [-0.39, 0.29) is 19.2 Å². The molecule has 316 valence electrons. The highest BCUT2D eigenvalue weighted by Gasteiger charge is 2.44. The molecular weight excluding hydrogens is 696 g/mol. The molecule has 0 saturated carbocycles. The first-order valence-electron chi connectivity index (χ1n) is 21.5. The maximum Gasteiger partial charge on any atom is 0.306 e. The molecule has 0 aromatic rings. The van der Waals surface area contributed by atoms with Gasteiger partial charge in [-0.15, -0.1) is 0 Å². The van der Waals surface area contributed by atoms with E-state index < -0.39 is 43.4 Å². The van der Waals surface area contributed by atoms with Crippen LogP contribution in [0.25, 0.3) is 0 Å². The van der Waals surface area contributed by atoms with E-state index in [0.717, 1.165) is 83.5 Å². The molecule has 55 heavy (non-hydrogen) atoms. The van der Waals surface area contributed by atoms with Crippen molar-refractivity contribution in [2.24, 2.45) is 0 Å². The molecule has 0 spiro atoms. The number of aliphatic hydroxyl groups is 4. The van der Waals surface area contributed by atoms with Gasteiger partial charge in [0, 0.05) is 13.0 Å². The topological polar surface area (TPSA) is 135 Å². The molecule has 9 nitrogen and oxygen atoms in total. The smallest absolute Gasteiger partial charge is 0.306 e. The molecule has 1 saturated heterocycles. The van der Waals surface area contributed by atoms with Crippen molar-refractivity contribution >= 4 is 5.97 Å². The Morgan fingerprint density at radius 1 is 0.600 bits per heavy atom. The van der Waals surface area contributed by atoms with Crippen LogP contribution in [0.1, 0.15) is 149 Å². The predicted molar refractivity (Wildman–Crippen MR) is 224 cm³/mol. The second kappa shape index (κ2) is 37.2. The summed E-state index contributed by atoms with van der Waals surface area (Å²) in [6, 6.07) is 0. The number of esters is 1. The van der Waals surface area contributed by atoms with Gasteiger partial charge in [-0.25, -0.2) is 0 Å². The lowest BCUT2D eigenvalue weighted by Gasteiger charge is -2.39. The average Bonchev–Trinajstić information content (AvgIpc) is 3.18. The number of carbonyl (C=O) groups is 1. The Labute approximate surface area is 334 Å². The molecule has 1 aliphatic heterocycles. The average molecular weight is 775 g/mol. The quantitative estimate of drug-likeness (QED) is 0.0282. The zero-order chi connectivity index (χ0) is 40.0. The first-order valence-corrected chi connectivity index (χ1v) is 21.5. The number of rotatable bonds is 35. The minimum absolute atomic E-state index is 0.119. The van der Waals surface area contributed by atoms with Gasteiger partial charge in [0.1, 0.15) is 30.5 Å². The number of unbranched alkanes of at least 4 members (excludes halogenated alkanes) is 12. The molecule has 1 aliphatic rings. The van der Waals surface area contributed by atoms with Gasteiger partial charge in [0.15, 0.2) is 6.29 Å². The van der Waals surface area contributed by atoms with Crippen molar-refractivity contribution in [2.75, 3.05) is 26.4 Å². The normalized spacial score (nSPS) is 21.5. The van der Waals surface area contributed by atoms with Gasteiger partial charge in [-0.2, -0.15) is 0 Å². The fraction of sp³-hybridized carbons (Fsp3) is 0.717. The second-order valence-electron chi connectivity index (χ2n) is 14.4. The third-order valence-electron chi connectivity index (χ3n) is 9.39. The van der Waals surface area contributed by atoms with Crippen molar-refractivity contribution in [2.45, 2.75) is 185 Å². The van der Waals surface area contributed by atoms with Gasteiger partial charge in [-0.05, 0) is 64.2 Å². The Kier molecular flexibility index (Phi) is 34.3. The van der Waals surface area contributed by atoms with Gasteiger partial charge in [0.25, 0.3) is 0 Å². The number of ether oxygens (including phenoxy) is 4. The van der Waals surface area contributed by atoms with Crippen molar-refractivity contribution < 1.29 is 44.2 Å². The summed E-state index contributed by atoms with van der Waals surface area (Å²) >= 11 is 0. The third kappa shape index (κ3) is 28.6. The molecule has 0 aromatic carbocycles. The van der Waals surface area contributed by atoms with Crippen LogP contribution < -0.4 is 0 Å². The minimum Gasteiger partial charge on any atom is -0.457 e. The van der Waals surface area contributed by atoms with E-state index in [1.165, 1.54) is 44.9 Å². The highest BCUT2D eigenvalue weighted by Crippen LogP contribution is 2.22. The number of hydrogen-bond donors (Lipinski definition) is 4. The van der Waals surface area contributed by atoms with Crippen LogP contribution in [0.15, 0.2) is 72.9 Å². The Morgan fingerprint density at radius 2 is 1.11 bits per heavy atom. The zero-order valence-electron chi connectivity index (χ0n) is 34.4. The summed E-state index contributed by atoms with van der Waals surface area (Å²) < 4.78 is 22.7. The Hall–Kier alpha value is -2.37. The van der Waals surface area contributed by atoms with Gasteiger partial charge in [-0.1, -0.05) is 151 Å². The third-order valence-corrected chi connectivity index (χ3v) is 9.39. The molecule has 0 amide bonds. The number of carbonyl (C=O) groups excluding carboxylic acids is 1. The van der Waals surface area contributed by atoms with E-state index >= 15 is 0 Å². The van der Waals surface area contributed by atoms with Gasteiger partial charge in [-0.3, -0.25) is 4.79 Å². The van der Waals surface area contributed by atoms with E-state index in [9.17, 15) is 25.2 Å². The lowest BCUT2D eigenvalue weighted by molar-refractivity contribution is -0.305. The van der Waals surface area contributed by atoms with Crippen LogP contribution in [0.3, 0.4) is 0 Å². The van der Waals surface area contributed by atoms with Crippen LogP contribution in [0.5, 0.6) is 0 Å². The molecule has 0 aromatic heterocycles. The standard InChI is InChI=1S/C46H78O9/c1-3-5-7-9-11-13-15-16-17-18-19-20-21-22-23-24-25-26-28-30-32-34-36-52-38-40(39-53-46-45(51)44(50)43(49)41(37-47)55-46)54-42(48)35-33-31-29-27-14-12-10-8-6-4-2/h5,7,11,13,16-17,19-20,22-23,25-26,40-41,43-47,49-51H,3-4,6,8-10,12,14-15,18,21,24,27-39H2,1-2H3/b7-5-,13-11-,17-16-,20-19-,23-22-,26-25-. The van der Waals surface area contributed by atoms with E-state index in [1.54, 1.807) is 0 Å². The van der Waals surface area contributed by atoms with E-state index in [4.69, 9.17) is 18.9 Å². The number of allylic oxidation sites excluding steroid dienone is 12. The summed E-state index contributed by atoms with van der Waals surface area (Å²) in [5, 5.41) is 40.0. The fourth-order valence-electron chi connectivity index (χ4n) is 6.02. The van der Waals surface area contributed by atoms with Crippen molar-refractivity contribution in [3.8, 4) is 0 Å². The lowest BCUT2D eigenvalue weighted by Crippen LogP contribution is -2.59. The van der Waals surface area contributed by atoms with Crippen molar-refractivity contribution in [3.05, 3.63) is 72.9 Å². The summed E-state index contributed by atoms with van der Waals surface area (Å²) in [5.41, 5.74) is 0. The molecule has 1 heterocycles. The Balaban J connectivity index is 2.29. The highest BCUT2D eigenvalue weighted by molar-refractivity contribution is 5.69. The summed E-state index contributed by atoms with van der Waals surface area (Å²) in [5.74, 6) is -0.332. The largest absolute Gasteiger partial charge is 0.457 e. The predicted octanol–water partition coefficient (Wildman–Crippen LogP) is 9.30. The maximum atomic E-state index is 12.7. The molecule has 6 unspecified atom stereocenters. The van der Waals surface area contributed by atoms with Gasteiger partial charge in [0.05, 0.1) is 19.8 Å². The summed E-state index contributed by atoms with van der Waals surface area (Å²) in [7, 11) is 0. The van der Waals surface area contributed by atoms with E-state index in [2.05, 4.69) is 86.8 Å². The minimum atomic E-state index is -1.54. The molecule has 0 bridgehead atoms. The van der Waals surface area contributed by atoms with Crippen LogP contribution >= 0.6 is 0 Å². The highest BCUT2D eigenvalue weighted by atomic mass is 16.7. The van der Waals surface area contributed by atoms with E-state index in [0.29, 0.717) is 13.0 Å². The first-order chi connectivity index (χ1) is 26.9. The van der Waals surface area contributed by atoms with Crippen molar-refractivity contribution in [3.63, 3.8) is 0 Å². The van der Waals surface area contributed by atoms with Gasteiger partial charge in [0.2, 0.25) is 0 Å². The molecule has 1 rings (SSSR count). The number of aliphatic hydroxyl groups excluding tert-OH is 4. The Bertz CT molecular complexity index is 1060. The lowest BCUT2D eigenvalue weighted by atomic mass is 9.99. The van der Waals surface area contributed by atoms with Crippen LogP contribution in [-0.4, -0.2) is 89.6 Å². The SMILES string of the molecule is CC/C=C\C/C=C\C/C=C\C/C=C\C/C=C\C/C=C\CCCCCOCC(COC1OC(CO)C(O)C(O)C1O)OC(=O)CCCCCCCCCCCC. The van der Waals surface area contributed by atoms with Crippen LogP contribution in [0.4, 0.5) is 0 Å². The van der Waals surface area contributed by atoms with Crippen LogP contribution in [-0.2, 0) is 23.7 Å². The van der Waals surface area contributed by atoms with E-state index in [1.807, 2.05) is 0 Å². The monoisotopic (exact) mass is 775 g/mol. The van der Waals surface area contributed by atoms with Gasteiger partial charge >= 0.3 is 5.97 Å². The Morgan fingerprint density at radius 3 is 1.65 bits per heavy atom. The maximum absolute atomic E-state index is 12.7.